The predicted molar refractivity (Wildman–Crippen MR) is 59.9 cm³/mol. The van der Waals surface area contributed by atoms with E-state index in [9.17, 15) is 4.39 Å². The molecule has 1 unspecified atom stereocenters. The lowest BCUT2D eigenvalue weighted by atomic mass is 10.1. The number of aliphatic hydroxyl groups excluding tert-OH is 1. The van der Waals surface area contributed by atoms with Crippen LogP contribution in [0.2, 0.25) is 0 Å². The van der Waals surface area contributed by atoms with E-state index >= 15 is 0 Å². The molecule has 1 aliphatic heterocycles. The maximum Gasteiger partial charge on any atom is 0.125 e. The van der Waals surface area contributed by atoms with Gasteiger partial charge in [-0.25, -0.2) is 4.39 Å². The molecule has 4 heteroatoms. The van der Waals surface area contributed by atoms with Crippen LogP contribution >= 0.6 is 0 Å². The highest BCUT2D eigenvalue weighted by atomic mass is 19.1. The molecule has 1 aromatic carbocycles. The van der Waals surface area contributed by atoms with Crippen molar-refractivity contribution in [2.24, 2.45) is 0 Å². The second kappa shape index (κ2) is 4.80. The van der Waals surface area contributed by atoms with Gasteiger partial charge in [0.2, 0.25) is 0 Å². The van der Waals surface area contributed by atoms with Crippen LogP contribution in [0.3, 0.4) is 0 Å². The number of benzene rings is 1. The van der Waals surface area contributed by atoms with E-state index in [-0.39, 0.29) is 18.5 Å². The van der Waals surface area contributed by atoms with E-state index in [0.717, 1.165) is 12.2 Å². The Morgan fingerprint density at radius 3 is 3.00 bits per heavy atom. The van der Waals surface area contributed by atoms with Gasteiger partial charge >= 0.3 is 0 Å². The van der Waals surface area contributed by atoms with Crippen LogP contribution in [0.25, 0.3) is 0 Å². The first-order valence-corrected chi connectivity index (χ1v) is 5.45. The van der Waals surface area contributed by atoms with Crippen molar-refractivity contribution in [3.05, 3.63) is 29.6 Å². The lowest BCUT2D eigenvalue weighted by Crippen LogP contribution is -2.43. The van der Waals surface area contributed by atoms with Gasteiger partial charge in [0.05, 0.1) is 19.8 Å². The standard InChI is InChI=1S/C12H16FNO2/c1-9-8-16-3-2-14(9)12-5-10(7-15)4-11(13)6-12/h4-6,9,15H,2-3,7-8H2,1H3. The van der Waals surface area contributed by atoms with E-state index in [1.807, 2.05) is 13.0 Å². The van der Waals surface area contributed by atoms with Gasteiger partial charge in [-0.15, -0.1) is 0 Å². The summed E-state index contributed by atoms with van der Waals surface area (Å²) in [4.78, 5) is 2.10. The third-order valence-corrected chi connectivity index (χ3v) is 2.82. The molecule has 1 N–H and O–H groups in total. The normalized spacial score (nSPS) is 21.2. The molecule has 3 nitrogen and oxygen atoms in total. The zero-order chi connectivity index (χ0) is 11.5. The van der Waals surface area contributed by atoms with Crippen LogP contribution in [-0.4, -0.2) is 30.9 Å². The van der Waals surface area contributed by atoms with Crippen molar-refractivity contribution in [2.45, 2.75) is 19.6 Å². The Bertz CT molecular complexity index is 370. The van der Waals surface area contributed by atoms with Crippen molar-refractivity contribution in [3.63, 3.8) is 0 Å². The number of anilines is 1. The summed E-state index contributed by atoms with van der Waals surface area (Å²) in [6.45, 7) is 3.99. The van der Waals surface area contributed by atoms with Gasteiger partial charge in [-0.05, 0) is 30.7 Å². The van der Waals surface area contributed by atoms with Crippen LogP contribution in [0.15, 0.2) is 18.2 Å². The number of hydrogen-bond donors (Lipinski definition) is 1. The van der Waals surface area contributed by atoms with Crippen molar-refractivity contribution >= 4 is 5.69 Å². The van der Waals surface area contributed by atoms with Gasteiger partial charge in [0, 0.05) is 18.3 Å². The Morgan fingerprint density at radius 1 is 1.50 bits per heavy atom. The first kappa shape index (κ1) is 11.4. The average molecular weight is 225 g/mol. The molecule has 1 fully saturated rings. The Kier molecular flexibility index (Phi) is 3.41. The summed E-state index contributed by atoms with van der Waals surface area (Å²) in [5, 5.41) is 9.04. The van der Waals surface area contributed by atoms with E-state index in [1.165, 1.54) is 12.1 Å². The van der Waals surface area contributed by atoms with Gasteiger partial charge in [0.1, 0.15) is 5.82 Å². The molecule has 16 heavy (non-hydrogen) atoms. The molecule has 88 valence electrons. The second-order valence-electron chi connectivity index (χ2n) is 4.09. The lowest BCUT2D eigenvalue weighted by molar-refractivity contribution is 0.0989. The van der Waals surface area contributed by atoms with Crippen LogP contribution in [-0.2, 0) is 11.3 Å². The molecular formula is C12H16FNO2. The van der Waals surface area contributed by atoms with Gasteiger partial charge in [-0.3, -0.25) is 0 Å². The first-order chi connectivity index (χ1) is 7.70. The first-order valence-electron chi connectivity index (χ1n) is 5.45. The molecule has 0 aliphatic carbocycles. The van der Waals surface area contributed by atoms with Crippen LogP contribution in [0, 0.1) is 5.82 Å². The number of aliphatic hydroxyl groups is 1. The quantitative estimate of drug-likeness (QED) is 0.828. The molecule has 0 radical (unpaired) electrons. The Balaban J connectivity index is 2.27. The molecule has 1 aromatic rings. The summed E-state index contributed by atoms with van der Waals surface area (Å²) in [5.41, 5.74) is 1.42. The van der Waals surface area contributed by atoms with Crippen molar-refractivity contribution < 1.29 is 14.2 Å². The minimum Gasteiger partial charge on any atom is -0.392 e. The Labute approximate surface area is 94.4 Å². The van der Waals surface area contributed by atoms with Gasteiger partial charge in [-0.2, -0.15) is 0 Å². The highest BCUT2D eigenvalue weighted by molar-refractivity contribution is 5.50. The highest BCUT2D eigenvalue weighted by Crippen LogP contribution is 2.22. The van der Waals surface area contributed by atoms with Gasteiger partial charge in [-0.1, -0.05) is 0 Å². The maximum absolute atomic E-state index is 13.3. The Hall–Kier alpha value is -1.13. The van der Waals surface area contributed by atoms with E-state index in [0.29, 0.717) is 18.8 Å². The van der Waals surface area contributed by atoms with Crippen LogP contribution in [0.5, 0.6) is 0 Å². The molecule has 0 saturated carbocycles. The zero-order valence-corrected chi connectivity index (χ0v) is 9.32. The third kappa shape index (κ3) is 2.33. The molecule has 2 rings (SSSR count). The molecule has 1 aliphatic rings. The van der Waals surface area contributed by atoms with Crippen molar-refractivity contribution in [2.75, 3.05) is 24.7 Å². The molecule has 1 atom stereocenters. The van der Waals surface area contributed by atoms with Gasteiger partial charge < -0.3 is 14.7 Å². The van der Waals surface area contributed by atoms with E-state index in [4.69, 9.17) is 9.84 Å². The third-order valence-electron chi connectivity index (χ3n) is 2.82. The smallest absolute Gasteiger partial charge is 0.125 e. The van der Waals surface area contributed by atoms with Crippen molar-refractivity contribution in [1.82, 2.24) is 0 Å². The monoisotopic (exact) mass is 225 g/mol. The van der Waals surface area contributed by atoms with Gasteiger partial charge in [0.15, 0.2) is 0 Å². The minimum atomic E-state index is -0.305. The largest absolute Gasteiger partial charge is 0.392 e. The molecular weight excluding hydrogens is 209 g/mol. The number of ether oxygens (including phenoxy) is 1. The summed E-state index contributed by atoms with van der Waals surface area (Å²) in [6, 6.07) is 4.92. The molecule has 1 heterocycles. The lowest BCUT2D eigenvalue weighted by Gasteiger charge is -2.35. The summed E-state index contributed by atoms with van der Waals surface area (Å²) in [5.74, 6) is -0.305. The van der Waals surface area contributed by atoms with Crippen molar-refractivity contribution in [3.8, 4) is 0 Å². The molecule has 0 aromatic heterocycles. The molecule has 0 amide bonds. The highest BCUT2D eigenvalue weighted by Gasteiger charge is 2.19. The molecule has 1 saturated heterocycles. The fourth-order valence-electron chi connectivity index (χ4n) is 2.00. The number of rotatable bonds is 2. The van der Waals surface area contributed by atoms with E-state index in [2.05, 4.69) is 4.90 Å². The SMILES string of the molecule is CC1COCCN1c1cc(F)cc(CO)c1. The van der Waals surface area contributed by atoms with Gasteiger partial charge in [0.25, 0.3) is 0 Å². The fourth-order valence-corrected chi connectivity index (χ4v) is 2.00. The number of morpholine rings is 1. The summed E-state index contributed by atoms with van der Waals surface area (Å²) in [7, 11) is 0. The predicted octanol–water partition coefficient (Wildman–Crippen LogP) is 1.54. The summed E-state index contributed by atoms with van der Waals surface area (Å²) < 4.78 is 18.7. The maximum atomic E-state index is 13.3. The molecule has 0 spiro atoms. The summed E-state index contributed by atoms with van der Waals surface area (Å²) >= 11 is 0. The fraction of sp³-hybridized carbons (Fsp3) is 0.500. The number of hydrogen-bond acceptors (Lipinski definition) is 3. The van der Waals surface area contributed by atoms with Crippen LogP contribution in [0.4, 0.5) is 10.1 Å². The Morgan fingerprint density at radius 2 is 2.31 bits per heavy atom. The minimum absolute atomic E-state index is 0.135. The van der Waals surface area contributed by atoms with Crippen LogP contribution < -0.4 is 4.90 Å². The summed E-state index contributed by atoms with van der Waals surface area (Å²) in [6.07, 6.45) is 0. The molecule has 0 bridgehead atoms. The van der Waals surface area contributed by atoms with E-state index < -0.39 is 0 Å². The average Bonchev–Trinajstić information content (AvgIpc) is 2.28. The zero-order valence-electron chi connectivity index (χ0n) is 9.32. The topological polar surface area (TPSA) is 32.7 Å². The second-order valence-corrected chi connectivity index (χ2v) is 4.09. The van der Waals surface area contributed by atoms with Crippen LogP contribution in [0.1, 0.15) is 12.5 Å². The van der Waals surface area contributed by atoms with E-state index in [1.54, 1.807) is 0 Å². The number of nitrogens with zero attached hydrogens (tertiary/aromatic N) is 1. The number of halogens is 1. The van der Waals surface area contributed by atoms with Crippen molar-refractivity contribution in [1.29, 1.82) is 0 Å².